The molecule has 0 atom stereocenters. The van der Waals surface area contributed by atoms with Gasteiger partial charge in [-0.25, -0.2) is 4.79 Å². The number of rotatable bonds is 3. The number of carbonyl (C=O) groups is 2. The van der Waals surface area contributed by atoms with Crippen molar-refractivity contribution in [3.05, 3.63) is 29.8 Å². The maximum absolute atomic E-state index is 12.2. The van der Waals surface area contributed by atoms with E-state index in [0.29, 0.717) is 17.8 Å². The van der Waals surface area contributed by atoms with E-state index in [1.165, 1.54) is 0 Å². The average Bonchev–Trinajstić information content (AvgIpc) is 2.63. The highest BCUT2D eigenvalue weighted by Crippen LogP contribution is 2.13. The molecule has 0 unspecified atom stereocenters. The Bertz CT molecular complexity index is 519. The number of hydrogen-bond acceptors (Lipinski definition) is 3. The molecule has 0 bridgehead atoms. The number of aliphatic carboxylic acids is 1. The predicted octanol–water partition coefficient (Wildman–Crippen LogP) is 1.48. The monoisotopic (exact) mass is 291 g/mol. The Balaban J connectivity index is 1.97. The fourth-order valence-corrected chi connectivity index (χ4v) is 2.39. The Labute approximate surface area is 124 Å². The summed E-state index contributed by atoms with van der Waals surface area (Å²) in [4.78, 5) is 27.0. The van der Waals surface area contributed by atoms with Crippen molar-refractivity contribution in [3.8, 4) is 0 Å². The van der Waals surface area contributed by atoms with Gasteiger partial charge in [-0.1, -0.05) is 12.1 Å². The van der Waals surface area contributed by atoms with Gasteiger partial charge >= 0.3 is 12.0 Å². The summed E-state index contributed by atoms with van der Waals surface area (Å²) in [5, 5.41) is 11.6. The molecule has 1 aromatic rings. The smallest absolute Gasteiger partial charge is 0.321 e. The van der Waals surface area contributed by atoms with Crippen molar-refractivity contribution in [1.29, 1.82) is 0 Å². The quantitative estimate of drug-likeness (QED) is 0.885. The van der Waals surface area contributed by atoms with Gasteiger partial charge in [0, 0.05) is 25.3 Å². The maximum Gasteiger partial charge on any atom is 0.321 e. The predicted molar refractivity (Wildman–Crippen MR) is 80.5 cm³/mol. The SMILES string of the molecule is CN1CCCN(C(=O)Nc2cccc(CC(=O)O)c2)CC1. The van der Waals surface area contributed by atoms with Gasteiger partial charge < -0.3 is 20.2 Å². The molecule has 1 aliphatic rings. The molecule has 1 aliphatic heterocycles. The van der Waals surface area contributed by atoms with Crippen LogP contribution in [0.3, 0.4) is 0 Å². The van der Waals surface area contributed by atoms with Gasteiger partial charge in [0.15, 0.2) is 0 Å². The van der Waals surface area contributed by atoms with Crippen molar-refractivity contribution in [3.63, 3.8) is 0 Å². The number of nitrogens with zero attached hydrogens (tertiary/aromatic N) is 2. The molecule has 0 aromatic heterocycles. The van der Waals surface area contributed by atoms with Crippen molar-refractivity contribution in [2.75, 3.05) is 38.5 Å². The van der Waals surface area contributed by atoms with Gasteiger partial charge in [-0.15, -0.1) is 0 Å². The molecular formula is C15H21N3O3. The van der Waals surface area contributed by atoms with E-state index >= 15 is 0 Å². The lowest BCUT2D eigenvalue weighted by Gasteiger charge is -2.21. The van der Waals surface area contributed by atoms with E-state index < -0.39 is 5.97 Å². The lowest BCUT2D eigenvalue weighted by Crippen LogP contribution is -2.37. The minimum absolute atomic E-state index is 0.0434. The van der Waals surface area contributed by atoms with Gasteiger partial charge in [0.2, 0.25) is 0 Å². The first-order valence-corrected chi connectivity index (χ1v) is 7.10. The van der Waals surface area contributed by atoms with E-state index in [-0.39, 0.29) is 12.5 Å². The molecule has 6 heteroatoms. The highest BCUT2D eigenvalue weighted by Gasteiger charge is 2.17. The topological polar surface area (TPSA) is 72.9 Å². The Morgan fingerprint density at radius 2 is 2.05 bits per heavy atom. The van der Waals surface area contributed by atoms with E-state index in [1.54, 1.807) is 29.2 Å². The summed E-state index contributed by atoms with van der Waals surface area (Å²) in [6.07, 6.45) is 0.918. The van der Waals surface area contributed by atoms with Gasteiger partial charge in [0.25, 0.3) is 0 Å². The standard InChI is InChI=1S/C15H21N3O3/c1-17-6-3-7-18(9-8-17)15(21)16-13-5-2-4-12(10-13)11-14(19)20/h2,4-5,10H,3,6-9,11H2,1H3,(H,16,21)(H,19,20). The molecule has 2 amide bonds. The number of urea groups is 1. The highest BCUT2D eigenvalue weighted by molar-refractivity contribution is 5.89. The lowest BCUT2D eigenvalue weighted by atomic mass is 10.1. The Kier molecular flexibility index (Phi) is 5.16. The number of carboxylic acid groups (broad SMARTS) is 1. The van der Waals surface area contributed by atoms with Crippen LogP contribution in [0.25, 0.3) is 0 Å². The van der Waals surface area contributed by atoms with Crippen LogP contribution in [0.2, 0.25) is 0 Å². The van der Waals surface area contributed by atoms with Crippen LogP contribution in [0.15, 0.2) is 24.3 Å². The largest absolute Gasteiger partial charge is 0.481 e. The summed E-state index contributed by atoms with van der Waals surface area (Å²) in [6.45, 7) is 3.31. The van der Waals surface area contributed by atoms with E-state index in [4.69, 9.17) is 5.11 Å². The van der Waals surface area contributed by atoms with Crippen LogP contribution in [0.5, 0.6) is 0 Å². The molecule has 0 spiro atoms. The Morgan fingerprint density at radius 3 is 2.81 bits per heavy atom. The van der Waals surface area contributed by atoms with Crippen LogP contribution in [-0.2, 0) is 11.2 Å². The summed E-state index contributed by atoms with van der Waals surface area (Å²) < 4.78 is 0. The van der Waals surface area contributed by atoms with Crippen LogP contribution in [0, 0.1) is 0 Å². The zero-order valence-corrected chi connectivity index (χ0v) is 12.2. The van der Waals surface area contributed by atoms with Gasteiger partial charge in [-0.3, -0.25) is 4.79 Å². The van der Waals surface area contributed by atoms with Gasteiger partial charge in [-0.05, 0) is 37.7 Å². The summed E-state index contributed by atoms with van der Waals surface area (Å²) in [5.74, 6) is -0.881. The van der Waals surface area contributed by atoms with Crippen LogP contribution in [0.1, 0.15) is 12.0 Å². The fraction of sp³-hybridized carbons (Fsp3) is 0.467. The van der Waals surface area contributed by atoms with E-state index in [1.807, 2.05) is 0 Å². The molecule has 1 aromatic carbocycles. The average molecular weight is 291 g/mol. The summed E-state index contributed by atoms with van der Waals surface area (Å²) in [6, 6.07) is 6.84. The lowest BCUT2D eigenvalue weighted by molar-refractivity contribution is -0.136. The first-order valence-electron chi connectivity index (χ1n) is 7.10. The molecule has 0 radical (unpaired) electrons. The fourth-order valence-electron chi connectivity index (χ4n) is 2.39. The second kappa shape index (κ2) is 7.08. The highest BCUT2D eigenvalue weighted by atomic mass is 16.4. The molecule has 21 heavy (non-hydrogen) atoms. The zero-order valence-electron chi connectivity index (χ0n) is 12.2. The molecule has 1 heterocycles. The Morgan fingerprint density at radius 1 is 1.24 bits per heavy atom. The molecule has 1 fully saturated rings. The molecule has 2 N–H and O–H groups in total. The van der Waals surface area contributed by atoms with Crippen LogP contribution >= 0.6 is 0 Å². The third-order valence-corrected chi connectivity index (χ3v) is 3.54. The van der Waals surface area contributed by atoms with E-state index in [0.717, 1.165) is 26.1 Å². The molecule has 0 aliphatic carbocycles. The van der Waals surface area contributed by atoms with Gasteiger partial charge in [0.1, 0.15) is 0 Å². The number of benzene rings is 1. The first-order chi connectivity index (χ1) is 10.0. The third-order valence-electron chi connectivity index (χ3n) is 3.54. The van der Waals surface area contributed by atoms with E-state index in [2.05, 4.69) is 17.3 Å². The second-order valence-corrected chi connectivity index (χ2v) is 5.34. The van der Waals surface area contributed by atoms with Crippen LogP contribution < -0.4 is 5.32 Å². The van der Waals surface area contributed by atoms with Crippen molar-refractivity contribution < 1.29 is 14.7 Å². The second-order valence-electron chi connectivity index (χ2n) is 5.34. The number of likely N-dealkylation sites (N-methyl/N-ethyl adjacent to an activating group) is 1. The minimum Gasteiger partial charge on any atom is -0.481 e. The number of carbonyl (C=O) groups excluding carboxylic acids is 1. The van der Waals surface area contributed by atoms with Crippen LogP contribution in [-0.4, -0.2) is 60.1 Å². The normalized spacial score (nSPS) is 16.3. The Hall–Kier alpha value is -2.08. The number of carboxylic acids is 1. The number of hydrogen-bond donors (Lipinski definition) is 2. The number of anilines is 1. The van der Waals surface area contributed by atoms with Crippen molar-refractivity contribution in [2.24, 2.45) is 0 Å². The van der Waals surface area contributed by atoms with E-state index in [9.17, 15) is 9.59 Å². The first kappa shape index (κ1) is 15.3. The molecule has 114 valence electrons. The molecule has 6 nitrogen and oxygen atoms in total. The van der Waals surface area contributed by atoms with Crippen molar-refractivity contribution >= 4 is 17.7 Å². The third kappa shape index (κ3) is 4.75. The molecule has 0 saturated carbocycles. The molecule has 1 saturated heterocycles. The molecular weight excluding hydrogens is 270 g/mol. The summed E-state index contributed by atoms with van der Waals surface area (Å²) in [5.41, 5.74) is 1.31. The van der Waals surface area contributed by atoms with Gasteiger partial charge in [0.05, 0.1) is 6.42 Å². The minimum atomic E-state index is -0.881. The summed E-state index contributed by atoms with van der Waals surface area (Å²) in [7, 11) is 2.05. The molecule has 2 rings (SSSR count). The van der Waals surface area contributed by atoms with Crippen molar-refractivity contribution in [1.82, 2.24) is 9.80 Å². The number of nitrogens with one attached hydrogen (secondary N) is 1. The number of amides is 2. The van der Waals surface area contributed by atoms with Gasteiger partial charge in [-0.2, -0.15) is 0 Å². The zero-order chi connectivity index (χ0) is 15.2. The van der Waals surface area contributed by atoms with Crippen LogP contribution in [0.4, 0.5) is 10.5 Å². The maximum atomic E-state index is 12.2. The van der Waals surface area contributed by atoms with Crippen molar-refractivity contribution in [2.45, 2.75) is 12.8 Å². The summed E-state index contributed by atoms with van der Waals surface area (Å²) >= 11 is 0.